The van der Waals surface area contributed by atoms with Gasteiger partial charge in [-0.15, -0.1) is 21.5 Å². The van der Waals surface area contributed by atoms with Crippen LogP contribution in [0.4, 0.5) is 14.5 Å². The number of nitrogens with zero attached hydrogens (tertiary/aromatic N) is 2. The molecular formula is C18H19F2N4O3S+. The third-order valence-corrected chi connectivity index (χ3v) is 4.73. The molecule has 0 fully saturated rings. The van der Waals surface area contributed by atoms with Crippen molar-refractivity contribution in [2.24, 2.45) is 0 Å². The average molecular weight is 409 g/mol. The standard InChI is InChI=1S/C18H18F2N4O3S/c1-26-7-6-24(10-16(25)21-14-5-4-12(19)9-13(14)20)11-17-22-23-18(27-17)15-3-2-8-28-15/h2-5,8-9H,6-7,10-11H2,1H3,(H,21,25)/p+1. The number of methoxy groups -OCH3 is 1. The fourth-order valence-electron chi connectivity index (χ4n) is 2.54. The topological polar surface area (TPSA) is 81.7 Å². The number of carbonyl (C=O) groups excluding carboxylic acids is 1. The normalized spacial score (nSPS) is 12.1. The van der Waals surface area contributed by atoms with Crippen LogP contribution in [-0.2, 0) is 16.1 Å². The largest absolute Gasteiger partial charge is 0.414 e. The Hall–Kier alpha value is -2.69. The predicted octanol–water partition coefficient (Wildman–Crippen LogP) is 1.75. The van der Waals surface area contributed by atoms with E-state index in [0.717, 1.165) is 21.9 Å². The number of hydrogen-bond acceptors (Lipinski definition) is 6. The number of halogens is 2. The summed E-state index contributed by atoms with van der Waals surface area (Å²) in [5.74, 6) is -1.15. The molecule has 7 nitrogen and oxygen atoms in total. The van der Waals surface area contributed by atoms with Gasteiger partial charge >= 0.3 is 0 Å². The molecule has 3 aromatic rings. The van der Waals surface area contributed by atoms with Crippen LogP contribution >= 0.6 is 11.3 Å². The predicted molar refractivity (Wildman–Crippen MR) is 98.9 cm³/mol. The number of benzene rings is 1. The van der Waals surface area contributed by atoms with Gasteiger partial charge in [0.25, 0.3) is 17.7 Å². The van der Waals surface area contributed by atoms with Gasteiger partial charge in [0.15, 0.2) is 13.1 Å². The first-order chi connectivity index (χ1) is 13.5. The van der Waals surface area contributed by atoms with Crippen molar-refractivity contribution in [1.82, 2.24) is 10.2 Å². The van der Waals surface area contributed by atoms with Gasteiger partial charge in [-0.1, -0.05) is 6.07 Å². The molecule has 1 aromatic carbocycles. The van der Waals surface area contributed by atoms with Crippen molar-refractivity contribution in [3.05, 3.63) is 53.2 Å². The Morgan fingerprint density at radius 1 is 1.32 bits per heavy atom. The smallest absolute Gasteiger partial charge is 0.279 e. The van der Waals surface area contributed by atoms with Crippen LogP contribution in [0.5, 0.6) is 0 Å². The Kier molecular flexibility index (Phi) is 6.80. The van der Waals surface area contributed by atoms with Crippen LogP contribution in [0.15, 0.2) is 40.1 Å². The maximum Gasteiger partial charge on any atom is 0.279 e. The lowest BCUT2D eigenvalue weighted by Crippen LogP contribution is -3.12. The maximum atomic E-state index is 13.7. The third kappa shape index (κ3) is 5.41. The van der Waals surface area contributed by atoms with Crippen LogP contribution in [-0.4, -0.2) is 42.9 Å². The molecule has 148 valence electrons. The zero-order valence-electron chi connectivity index (χ0n) is 15.1. The fraction of sp³-hybridized carbons (Fsp3) is 0.278. The minimum atomic E-state index is -0.829. The van der Waals surface area contributed by atoms with E-state index < -0.39 is 17.5 Å². The van der Waals surface area contributed by atoms with Crippen LogP contribution in [0.1, 0.15) is 5.89 Å². The van der Waals surface area contributed by atoms with E-state index in [-0.39, 0.29) is 12.2 Å². The van der Waals surface area contributed by atoms with Gasteiger partial charge in [-0.25, -0.2) is 8.78 Å². The minimum Gasteiger partial charge on any atom is -0.414 e. The summed E-state index contributed by atoms with van der Waals surface area (Å²) in [5, 5.41) is 12.4. The van der Waals surface area contributed by atoms with Crippen LogP contribution in [0.25, 0.3) is 10.8 Å². The van der Waals surface area contributed by atoms with Gasteiger partial charge in [-0.3, -0.25) is 4.79 Å². The molecule has 0 aliphatic heterocycles. The van der Waals surface area contributed by atoms with Gasteiger partial charge in [-0.05, 0) is 23.6 Å². The first-order valence-electron chi connectivity index (χ1n) is 8.49. The molecule has 3 rings (SSSR count). The van der Waals surface area contributed by atoms with E-state index >= 15 is 0 Å². The second-order valence-corrected chi connectivity index (χ2v) is 6.94. The second-order valence-electron chi connectivity index (χ2n) is 6.00. The Morgan fingerprint density at radius 2 is 2.18 bits per heavy atom. The van der Waals surface area contributed by atoms with Gasteiger partial charge in [0.2, 0.25) is 0 Å². The van der Waals surface area contributed by atoms with Crippen LogP contribution < -0.4 is 10.2 Å². The maximum absolute atomic E-state index is 13.7. The highest BCUT2D eigenvalue weighted by atomic mass is 32.1. The first kappa shape index (κ1) is 20.1. The molecule has 0 aliphatic carbocycles. The molecule has 0 spiro atoms. The minimum absolute atomic E-state index is 0.0247. The summed E-state index contributed by atoms with van der Waals surface area (Å²) >= 11 is 1.49. The third-order valence-electron chi connectivity index (χ3n) is 3.88. The van der Waals surface area contributed by atoms with E-state index in [1.54, 1.807) is 7.11 Å². The second kappa shape index (κ2) is 9.49. The zero-order chi connectivity index (χ0) is 19.9. The molecule has 1 amide bonds. The SMILES string of the molecule is COCC[NH+](CC(=O)Nc1ccc(F)cc1F)Cc1nnc(-c2cccs2)o1. The summed E-state index contributed by atoms with van der Waals surface area (Å²) in [5.41, 5.74) is -0.0738. The van der Waals surface area contributed by atoms with Crippen LogP contribution in [0, 0.1) is 11.6 Å². The lowest BCUT2D eigenvalue weighted by Gasteiger charge is -2.17. The van der Waals surface area contributed by atoms with Gasteiger partial charge in [0.1, 0.15) is 18.2 Å². The molecule has 0 saturated carbocycles. The number of thiophene rings is 1. The number of aromatic nitrogens is 2. The molecule has 2 N–H and O–H groups in total. The van der Waals surface area contributed by atoms with Crippen molar-refractivity contribution in [3.8, 4) is 10.8 Å². The molecule has 10 heteroatoms. The quantitative estimate of drug-likeness (QED) is 0.563. The molecule has 0 saturated heterocycles. The van der Waals surface area contributed by atoms with Gasteiger partial charge in [0, 0.05) is 13.2 Å². The van der Waals surface area contributed by atoms with Crippen LogP contribution in [0.2, 0.25) is 0 Å². The summed E-state index contributed by atoms with van der Waals surface area (Å²) in [6.45, 7) is 1.25. The Labute approximate surface area is 163 Å². The van der Waals surface area contributed by atoms with E-state index in [4.69, 9.17) is 9.15 Å². The average Bonchev–Trinajstić information content (AvgIpc) is 3.33. The van der Waals surface area contributed by atoms with Crippen molar-refractivity contribution in [1.29, 1.82) is 0 Å². The summed E-state index contributed by atoms with van der Waals surface area (Å²) < 4.78 is 37.5. The molecule has 1 unspecified atom stereocenters. The van der Waals surface area contributed by atoms with Crippen LogP contribution in [0.3, 0.4) is 0 Å². The fourth-order valence-corrected chi connectivity index (χ4v) is 3.18. The zero-order valence-corrected chi connectivity index (χ0v) is 15.9. The lowest BCUT2D eigenvalue weighted by atomic mass is 10.3. The molecule has 2 aromatic heterocycles. The van der Waals surface area contributed by atoms with Crippen molar-refractivity contribution >= 4 is 22.9 Å². The molecule has 1 atom stereocenters. The number of amides is 1. The number of ether oxygens (including phenoxy) is 1. The highest BCUT2D eigenvalue weighted by molar-refractivity contribution is 7.13. The molecule has 0 radical (unpaired) electrons. The number of quaternary nitrogens is 1. The number of nitrogens with one attached hydrogen (secondary N) is 2. The Morgan fingerprint density at radius 3 is 2.89 bits per heavy atom. The van der Waals surface area contributed by atoms with E-state index in [2.05, 4.69) is 15.5 Å². The lowest BCUT2D eigenvalue weighted by molar-refractivity contribution is -0.907. The van der Waals surface area contributed by atoms with Gasteiger partial charge in [0.05, 0.1) is 17.2 Å². The molecule has 0 bridgehead atoms. The van der Waals surface area contributed by atoms with Crippen molar-refractivity contribution in [2.45, 2.75) is 6.54 Å². The number of anilines is 1. The Balaban J connectivity index is 1.63. The number of hydrogen-bond donors (Lipinski definition) is 2. The first-order valence-corrected chi connectivity index (χ1v) is 9.37. The van der Waals surface area contributed by atoms with E-state index in [1.807, 2.05) is 17.5 Å². The molecule has 2 heterocycles. The monoisotopic (exact) mass is 409 g/mol. The number of rotatable bonds is 9. The van der Waals surface area contributed by atoms with E-state index in [1.165, 1.54) is 17.4 Å². The number of carbonyl (C=O) groups is 1. The highest BCUT2D eigenvalue weighted by Crippen LogP contribution is 2.22. The van der Waals surface area contributed by atoms with E-state index in [0.29, 0.717) is 31.5 Å². The summed E-state index contributed by atoms with van der Waals surface area (Å²) in [4.78, 5) is 14.0. The summed E-state index contributed by atoms with van der Waals surface area (Å²) in [6, 6.07) is 6.75. The highest BCUT2D eigenvalue weighted by Gasteiger charge is 2.20. The Bertz CT molecular complexity index is 917. The summed E-state index contributed by atoms with van der Waals surface area (Å²) in [6.07, 6.45) is 0. The van der Waals surface area contributed by atoms with Gasteiger partial charge < -0.3 is 19.4 Å². The van der Waals surface area contributed by atoms with Crippen molar-refractivity contribution in [2.75, 3.05) is 32.1 Å². The van der Waals surface area contributed by atoms with Gasteiger partial charge in [-0.2, -0.15) is 0 Å². The van der Waals surface area contributed by atoms with Crippen molar-refractivity contribution in [3.63, 3.8) is 0 Å². The van der Waals surface area contributed by atoms with Crippen molar-refractivity contribution < 1.29 is 27.6 Å². The molecule has 28 heavy (non-hydrogen) atoms. The summed E-state index contributed by atoms with van der Waals surface area (Å²) in [7, 11) is 1.56. The molecule has 0 aliphatic rings. The van der Waals surface area contributed by atoms with E-state index in [9.17, 15) is 13.6 Å². The molecular weight excluding hydrogens is 390 g/mol.